The largest absolute Gasteiger partial charge is 0.355 e. The number of nitrogens with one attached hydrogen (secondary N) is 1. The van der Waals surface area contributed by atoms with Gasteiger partial charge in [0, 0.05) is 79.6 Å². The van der Waals surface area contributed by atoms with Crippen molar-refractivity contribution in [2.45, 2.75) is 7.43 Å². The third kappa shape index (κ3) is 18.9. The number of rotatable bonds is 21. The lowest BCUT2D eigenvalue weighted by atomic mass is 10.0. The Morgan fingerprint density at radius 3 is 0.653 bits per heavy atom. The molecule has 1 N–H and O–H groups in total. The Bertz CT molecular complexity index is 5980. The van der Waals surface area contributed by atoms with E-state index >= 15 is 0 Å². The Labute approximate surface area is 708 Å². The van der Waals surface area contributed by atoms with Crippen molar-refractivity contribution >= 4 is 131 Å². The van der Waals surface area contributed by atoms with E-state index < -0.39 is 0 Å². The van der Waals surface area contributed by atoms with Crippen molar-refractivity contribution in [2.75, 3.05) is 29.8 Å². The lowest BCUT2D eigenvalue weighted by molar-refractivity contribution is 1.24. The highest BCUT2D eigenvalue weighted by Crippen LogP contribution is 2.50. The predicted octanol–water partition coefficient (Wildman–Crippen LogP) is 33.4. The molecule has 0 aliphatic heterocycles. The highest BCUT2D eigenvalue weighted by molar-refractivity contribution is 6.44. The molecule has 572 valence electrons. The highest BCUT2D eigenvalue weighted by atomic mass is 35.5. The van der Waals surface area contributed by atoms with Crippen LogP contribution in [0.15, 0.2) is 485 Å². The second-order valence-corrected chi connectivity index (χ2v) is 28.9. The first-order chi connectivity index (χ1) is 57.8. The van der Waals surface area contributed by atoms with E-state index in [0.717, 1.165) is 119 Å². The molecular weight excluding hydrogens is 1500 g/mol. The van der Waals surface area contributed by atoms with Crippen molar-refractivity contribution in [3.05, 3.63) is 500 Å². The smallest absolute Gasteiger partial charge is 0.0887 e. The number of anilines is 17. The fraction of sp³-hybridized carbons (Fsp3) is 0.00917. The summed E-state index contributed by atoms with van der Waals surface area (Å²) >= 11 is 20.9. The maximum absolute atomic E-state index is 7.81. The first-order valence-corrected chi connectivity index (χ1v) is 40.1. The number of para-hydroxylation sites is 6. The molecule has 18 aromatic carbocycles. The van der Waals surface area contributed by atoms with Crippen LogP contribution in [0.4, 0.5) is 96.7 Å². The molecule has 0 spiro atoms. The molecule has 118 heavy (non-hydrogen) atoms. The first kappa shape index (κ1) is 78.9. The fourth-order valence-corrected chi connectivity index (χ4v) is 15.3. The van der Waals surface area contributed by atoms with E-state index in [2.05, 4.69) is 436 Å². The molecule has 0 aliphatic carbocycles. The minimum absolute atomic E-state index is 0. The number of nitrogens with zero attached hydrogens (tertiary/aromatic N) is 5. The van der Waals surface area contributed by atoms with Gasteiger partial charge in [0.05, 0.1) is 32.1 Å². The van der Waals surface area contributed by atoms with Crippen molar-refractivity contribution in [2.24, 2.45) is 0 Å². The molecule has 6 nitrogen and oxygen atoms in total. The van der Waals surface area contributed by atoms with Crippen LogP contribution in [0.5, 0.6) is 0 Å². The summed E-state index contributed by atoms with van der Waals surface area (Å²) in [5, 5.41) is 5.18. The van der Waals surface area contributed by atoms with Gasteiger partial charge in [0.15, 0.2) is 0 Å². The first-order valence-electron chi connectivity index (χ1n) is 38.9. The minimum Gasteiger partial charge on any atom is -0.355 e. The Kier molecular flexibility index (Phi) is 25.8. The van der Waals surface area contributed by atoms with E-state index in [9.17, 15) is 0 Å². The van der Waals surface area contributed by atoms with Gasteiger partial charge in [-0.15, -0.1) is 0 Å². The Balaban J connectivity index is 0.000000153. The molecule has 0 saturated carbocycles. The van der Waals surface area contributed by atoms with E-state index in [4.69, 9.17) is 34.8 Å². The van der Waals surface area contributed by atoms with Crippen molar-refractivity contribution in [3.8, 4) is 44.5 Å². The lowest BCUT2D eigenvalue weighted by Gasteiger charge is -2.32. The Morgan fingerprint density at radius 1 is 0.153 bits per heavy atom. The van der Waals surface area contributed by atoms with Crippen molar-refractivity contribution < 1.29 is 0 Å². The van der Waals surface area contributed by atoms with Gasteiger partial charge in [0.2, 0.25) is 0 Å². The van der Waals surface area contributed by atoms with Crippen LogP contribution in [0.3, 0.4) is 0 Å². The molecular formula is C109H85Cl3N6. The molecule has 18 aromatic rings. The normalized spacial score (nSPS) is 10.6. The van der Waals surface area contributed by atoms with E-state index in [-0.39, 0.29) is 7.43 Å². The Morgan fingerprint density at radius 2 is 0.347 bits per heavy atom. The van der Waals surface area contributed by atoms with Crippen molar-refractivity contribution in [1.29, 1.82) is 0 Å². The second-order valence-electron chi connectivity index (χ2n) is 27.8. The molecule has 0 aliphatic rings. The second kappa shape index (κ2) is 38.6. The van der Waals surface area contributed by atoms with Crippen LogP contribution in [-0.4, -0.2) is 0 Å². The minimum atomic E-state index is 0. The molecule has 0 aromatic heterocycles. The van der Waals surface area contributed by atoms with Gasteiger partial charge in [-0.2, -0.15) is 0 Å². The molecule has 0 bridgehead atoms. The van der Waals surface area contributed by atoms with Gasteiger partial charge in [-0.3, -0.25) is 0 Å². The monoisotopic (exact) mass is 1580 g/mol. The molecule has 0 saturated heterocycles. The topological polar surface area (TPSA) is 28.2 Å². The molecule has 0 unspecified atom stereocenters. The molecule has 0 amide bonds. The van der Waals surface area contributed by atoms with Crippen LogP contribution in [0.1, 0.15) is 7.43 Å². The SMILES string of the molecule is C.Clc1c(N(c2cccc(-c3ccccc3)c2)c2cccc(-c3ccccc3)c2)cccc1N(c1ccccc1)c1cccc(N(c2ccccc2)c2ccccc2)c1.Clc1cccc(N(c2ccccc2)c2cccc(N(c3ccccc3)c3ccccc3)c2)c1Cl.c1ccc(-c2cccc(Nc3cccc(-c4ccccc4)c3)c2)cc1. The summed E-state index contributed by atoms with van der Waals surface area (Å²) in [5.41, 5.74) is 26.5. The molecule has 0 heterocycles. The average molecular weight is 1590 g/mol. The van der Waals surface area contributed by atoms with Crippen LogP contribution in [0.25, 0.3) is 44.5 Å². The predicted molar refractivity (Wildman–Crippen MR) is 506 cm³/mol. The van der Waals surface area contributed by atoms with Gasteiger partial charge in [-0.25, -0.2) is 0 Å². The maximum atomic E-state index is 7.81. The van der Waals surface area contributed by atoms with Crippen molar-refractivity contribution in [1.82, 2.24) is 0 Å². The van der Waals surface area contributed by atoms with Gasteiger partial charge in [-0.05, 0) is 226 Å². The van der Waals surface area contributed by atoms with Crippen molar-refractivity contribution in [3.63, 3.8) is 0 Å². The third-order valence-corrected chi connectivity index (χ3v) is 21.2. The van der Waals surface area contributed by atoms with Gasteiger partial charge < -0.3 is 29.8 Å². The number of hydrogen-bond acceptors (Lipinski definition) is 6. The van der Waals surface area contributed by atoms with E-state index in [1.807, 2.05) is 72.8 Å². The zero-order chi connectivity index (χ0) is 79.3. The molecule has 0 radical (unpaired) electrons. The van der Waals surface area contributed by atoms with Gasteiger partial charge in [-0.1, -0.05) is 346 Å². The third-order valence-electron chi connectivity index (χ3n) is 20.0. The molecule has 0 atom stereocenters. The standard InChI is InChI=1S/C54H40ClN3.C30H22Cl2N2.C24H19N.CH4/c55-54-52(57(47-30-14-5-15-31-47)51-35-18-34-50(40-51)56(45-26-10-3-11-27-45)46-28-12-4-13-29-46)36-19-37-53(54)58(48-32-16-24-43(38-48)41-20-6-1-7-21-41)49-33-17-25-44(39-49)42-22-8-2-9-23-42;31-28-20-11-21-29(30(28)32)34(25-16-8-3-9-17-25)27-19-10-18-26(22-27)33(23-12-4-1-5-13-23)24-14-6-2-7-15-24;1-3-9-19(10-4-1)21-13-7-15-23(17-21)25-24-16-8-14-22(18-24)20-11-5-2-6-12-20;/h1-40H;1-22H;1-18,25H;1H4. The number of hydrogen-bond donors (Lipinski definition) is 1. The molecule has 9 heteroatoms. The average Bonchev–Trinajstić information content (AvgIpc) is 0.794. The highest BCUT2D eigenvalue weighted by Gasteiger charge is 2.26. The maximum Gasteiger partial charge on any atom is 0.0887 e. The quantitative estimate of drug-likeness (QED) is 0.0771. The van der Waals surface area contributed by atoms with E-state index in [1.54, 1.807) is 6.07 Å². The molecule has 18 rings (SSSR count). The van der Waals surface area contributed by atoms with E-state index in [1.165, 1.54) is 22.3 Å². The zero-order valence-electron chi connectivity index (χ0n) is 64.1. The zero-order valence-corrected chi connectivity index (χ0v) is 66.3. The van der Waals surface area contributed by atoms with Crippen LogP contribution < -0.4 is 29.8 Å². The van der Waals surface area contributed by atoms with Crippen LogP contribution >= 0.6 is 34.8 Å². The number of halogens is 3. The summed E-state index contributed by atoms with van der Waals surface area (Å²) in [6.45, 7) is 0. The summed E-state index contributed by atoms with van der Waals surface area (Å²) < 4.78 is 0. The lowest BCUT2D eigenvalue weighted by Crippen LogP contribution is -2.15. The van der Waals surface area contributed by atoms with Crippen LogP contribution in [0, 0.1) is 0 Å². The van der Waals surface area contributed by atoms with Gasteiger partial charge in [0.25, 0.3) is 0 Å². The summed E-state index contributed by atoms with van der Waals surface area (Å²) in [6, 6.07) is 168. The molecule has 0 fully saturated rings. The van der Waals surface area contributed by atoms with E-state index in [0.29, 0.717) is 15.1 Å². The van der Waals surface area contributed by atoms with Crippen LogP contribution in [-0.2, 0) is 0 Å². The summed E-state index contributed by atoms with van der Waals surface area (Å²) in [5.74, 6) is 0. The van der Waals surface area contributed by atoms with Gasteiger partial charge >= 0.3 is 0 Å². The fourth-order valence-electron chi connectivity index (χ4n) is 14.6. The summed E-state index contributed by atoms with van der Waals surface area (Å²) in [6.07, 6.45) is 0. The Hall–Kier alpha value is -14.4. The van der Waals surface area contributed by atoms with Gasteiger partial charge in [0.1, 0.15) is 0 Å². The summed E-state index contributed by atoms with van der Waals surface area (Å²) in [4.78, 5) is 11.2. The summed E-state index contributed by atoms with van der Waals surface area (Å²) in [7, 11) is 0. The number of benzene rings is 18. The van der Waals surface area contributed by atoms with Crippen LogP contribution in [0.2, 0.25) is 15.1 Å².